The highest BCUT2D eigenvalue weighted by Gasteiger charge is 2.40. The zero-order chi connectivity index (χ0) is 27.9. The van der Waals surface area contributed by atoms with Crippen LogP contribution < -0.4 is 10.5 Å². The number of sulfonamides is 1. The molecule has 3 aliphatic heterocycles. The molecule has 0 radical (unpaired) electrons. The zero-order valence-electron chi connectivity index (χ0n) is 21.2. The van der Waals surface area contributed by atoms with Gasteiger partial charge in [-0.1, -0.05) is 23.7 Å². The Morgan fingerprint density at radius 1 is 0.974 bits per heavy atom. The van der Waals surface area contributed by atoms with Crippen molar-refractivity contribution in [1.29, 1.82) is 0 Å². The van der Waals surface area contributed by atoms with E-state index in [0.717, 1.165) is 11.8 Å². The molecular weight excluding hydrogens is 546 g/mol. The summed E-state index contributed by atoms with van der Waals surface area (Å²) in [5.74, 6) is -2.28. The van der Waals surface area contributed by atoms with E-state index in [2.05, 4.69) is 4.72 Å². The first-order valence-electron chi connectivity index (χ1n) is 12.9. The van der Waals surface area contributed by atoms with Gasteiger partial charge >= 0.3 is 11.8 Å². The SMILES string of the molecule is NC(=O)C(=O)N1CC2CC(CN(C(=O)CN3CCC[C@H](NS(=O)(=O)c4ccc5cc(Cl)ccc5c4)C3=O)C2)C1. The van der Waals surface area contributed by atoms with Gasteiger partial charge in [-0.3, -0.25) is 19.2 Å². The number of amides is 4. The lowest BCUT2D eigenvalue weighted by Crippen LogP contribution is -2.59. The second-order valence-corrected chi connectivity index (χ2v) is 12.7. The average molecular weight is 576 g/mol. The lowest BCUT2D eigenvalue weighted by Gasteiger charge is -2.46. The van der Waals surface area contributed by atoms with Crippen molar-refractivity contribution < 1.29 is 27.6 Å². The van der Waals surface area contributed by atoms with Gasteiger partial charge in [0.25, 0.3) is 0 Å². The Labute approximate surface area is 231 Å². The maximum absolute atomic E-state index is 13.2. The van der Waals surface area contributed by atoms with Crippen LogP contribution in [0.15, 0.2) is 41.3 Å². The van der Waals surface area contributed by atoms with E-state index in [-0.39, 0.29) is 29.2 Å². The van der Waals surface area contributed by atoms with Crippen LogP contribution in [0.3, 0.4) is 0 Å². The van der Waals surface area contributed by atoms with Gasteiger partial charge in [0, 0.05) is 37.7 Å². The molecule has 0 saturated carbocycles. The van der Waals surface area contributed by atoms with Crippen molar-refractivity contribution in [1.82, 2.24) is 19.4 Å². The molecule has 0 aromatic heterocycles. The van der Waals surface area contributed by atoms with Crippen molar-refractivity contribution in [2.45, 2.75) is 30.2 Å². The van der Waals surface area contributed by atoms with E-state index in [9.17, 15) is 27.6 Å². The van der Waals surface area contributed by atoms with E-state index >= 15 is 0 Å². The van der Waals surface area contributed by atoms with Gasteiger partial charge < -0.3 is 20.4 Å². The monoisotopic (exact) mass is 575 g/mol. The summed E-state index contributed by atoms with van der Waals surface area (Å²) < 4.78 is 28.8. The van der Waals surface area contributed by atoms with Gasteiger partial charge in [0.1, 0.15) is 6.04 Å². The minimum Gasteiger partial charge on any atom is -0.361 e. The third-order valence-electron chi connectivity index (χ3n) is 7.67. The maximum Gasteiger partial charge on any atom is 0.311 e. The number of hydrogen-bond acceptors (Lipinski definition) is 6. The fourth-order valence-corrected chi connectivity index (χ4v) is 7.33. The van der Waals surface area contributed by atoms with Crippen molar-refractivity contribution in [3.63, 3.8) is 0 Å². The predicted octanol–water partition coefficient (Wildman–Crippen LogP) is 0.555. The van der Waals surface area contributed by atoms with Gasteiger partial charge in [0.05, 0.1) is 11.4 Å². The molecule has 13 heteroatoms. The standard InChI is InChI=1S/C26H30ClN5O6S/c27-20-5-3-19-10-21(6-4-18(19)9-20)39(37,38)29-22-2-1-7-30(25(22)35)15-23(33)31-11-16-8-17(12-31)14-32(13-16)26(36)24(28)34/h3-6,9-10,16-17,22,29H,1-2,7-8,11-15H2,(H2,28,34)/t16?,17?,22-/m0/s1. The van der Waals surface area contributed by atoms with Crippen LogP contribution in [0.2, 0.25) is 5.02 Å². The first kappa shape index (κ1) is 27.4. The Kier molecular flexibility index (Phi) is 7.53. The molecule has 39 heavy (non-hydrogen) atoms. The third kappa shape index (κ3) is 5.87. The molecule has 3 saturated heterocycles. The molecule has 2 unspecified atom stereocenters. The lowest BCUT2D eigenvalue weighted by molar-refractivity contribution is -0.150. The molecule has 2 aromatic rings. The molecule has 2 bridgehead atoms. The van der Waals surface area contributed by atoms with E-state index < -0.39 is 33.8 Å². The molecule has 2 aromatic carbocycles. The number of fused-ring (bicyclic) bond motifs is 3. The third-order valence-corrected chi connectivity index (χ3v) is 9.37. The molecule has 208 valence electrons. The Morgan fingerprint density at radius 3 is 2.31 bits per heavy atom. The summed E-state index contributed by atoms with van der Waals surface area (Å²) in [5, 5.41) is 2.05. The van der Waals surface area contributed by atoms with Gasteiger partial charge in [-0.2, -0.15) is 4.72 Å². The Hall–Kier alpha value is -3.22. The number of rotatable bonds is 5. The number of piperidine rings is 3. The zero-order valence-corrected chi connectivity index (χ0v) is 22.8. The summed E-state index contributed by atoms with van der Waals surface area (Å²) in [7, 11) is -3.99. The fourth-order valence-electron chi connectivity index (χ4n) is 5.89. The van der Waals surface area contributed by atoms with Gasteiger partial charge in [-0.15, -0.1) is 0 Å². The van der Waals surface area contributed by atoms with E-state index in [1.54, 1.807) is 29.2 Å². The number of primary amides is 1. The van der Waals surface area contributed by atoms with Gasteiger partial charge in [0.2, 0.25) is 21.8 Å². The van der Waals surface area contributed by atoms with Gasteiger partial charge in [0.15, 0.2) is 0 Å². The van der Waals surface area contributed by atoms with Crippen LogP contribution >= 0.6 is 11.6 Å². The number of carbonyl (C=O) groups is 4. The topological polar surface area (TPSA) is 150 Å². The largest absolute Gasteiger partial charge is 0.361 e. The molecule has 5 rings (SSSR count). The smallest absolute Gasteiger partial charge is 0.311 e. The average Bonchev–Trinajstić information content (AvgIpc) is 2.89. The summed E-state index contributed by atoms with van der Waals surface area (Å²) >= 11 is 6.02. The first-order chi connectivity index (χ1) is 18.5. The highest BCUT2D eigenvalue weighted by molar-refractivity contribution is 7.89. The molecule has 0 aliphatic carbocycles. The minimum absolute atomic E-state index is 0.0272. The van der Waals surface area contributed by atoms with Gasteiger partial charge in [-0.05, 0) is 66.1 Å². The Bertz CT molecular complexity index is 1440. The summed E-state index contributed by atoms with van der Waals surface area (Å²) in [5.41, 5.74) is 5.14. The van der Waals surface area contributed by atoms with Crippen molar-refractivity contribution >= 4 is 56.0 Å². The highest BCUT2D eigenvalue weighted by Crippen LogP contribution is 2.29. The van der Waals surface area contributed by atoms with Crippen LogP contribution in [0.25, 0.3) is 10.8 Å². The van der Waals surface area contributed by atoms with Crippen LogP contribution in [0.4, 0.5) is 0 Å². The lowest BCUT2D eigenvalue weighted by atomic mass is 9.84. The number of nitrogens with two attached hydrogens (primary N) is 1. The molecule has 3 fully saturated rings. The van der Waals surface area contributed by atoms with Crippen LogP contribution in [0.5, 0.6) is 0 Å². The molecule has 3 atom stereocenters. The molecule has 3 aliphatic rings. The summed E-state index contributed by atoms with van der Waals surface area (Å²) in [4.78, 5) is 54.3. The number of carbonyl (C=O) groups excluding carboxylic acids is 4. The molecule has 0 spiro atoms. The normalized spacial score (nSPS) is 23.7. The number of benzene rings is 2. The fraction of sp³-hybridized carbons (Fsp3) is 0.462. The summed E-state index contributed by atoms with van der Waals surface area (Å²) in [6.45, 7) is 1.78. The highest BCUT2D eigenvalue weighted by atomic mass is 35.5. The van der Waals surface area contributed by atoms with Crippen molar-refractivity contribution in [3.05, 3.63) is 41.4 Å². The number of hydrogen-bond donors (Lipinski definition) is 2. The number of nitrogens with one attached hydrogen (secondary N) is 1. The van der Waals surface area contributed by atoms with Crippen LogP contribution in [-0.2, 0) is 29.2 Å². The van der Waals surface area contributed by atoms with E-state index in [4.69, 9.17) is 17.3 Å². The van der Waals surface area contributed by atoms with Crippen LogP contribution in [0.1, 0.15) is 19.3 Å². The quantitative estimate of drug-likeness (QED) is 0.497. The summed E-state index contributed by atoms with van der Waals surface area (Å²) in [6.07, 6.45) is 1.74. The molecule has 3 N–H and O–H groups in total. The second-order valence-electron chi connectivity index (χ2n) is 10.6. The molecule has 4 amide bonds. The molecular formula is C26H30ClN5O6S. The van der Waals surface area contributed by atoms with Crippen molar-refractivity contribution in [3.8, 4) is 0 Å². The van der Waals surface area contributed by atoms with E-state index in [1.807, 2.05) is 0 Å². The van der Waals surface area contributed by atoms with Crippen LogP contribution in [0, 0.1) is 11.8 Å². The van der Waals surface area contributed by atoms with Crippen molar-refractivity contribution in [2.24, 2.45) is 17.6 Å². The van der Waals surface area contributed by atoms with Crippen LogP contribution in [-0.4, -0.2) is 92.1 Å². The maximum atomic E-state index is 13.2. The second kappa shape index (κ2) is 10.7. The number of likely N-dealkylation sites (tertiary alicyclic amines) is 3. The van der Waals surface area contributed by atoms with E-state index in [0.29, 0.717) is 56.0 Å². The summed E-state index contributed by atoms with van der Waals surface area (Å²) in [6, 6.07) is 8.87. The number of nitrogens with zero attached hydrogens (tertiary/aromatic N) is 3. The van der Waals surface area contributed by atoms with Crippen molar-refractivity contribution in [2.75, 3.05) is 39.3 Å². The minimum atomic E-state index is -3.99. The molecule has 11 nitrogen and oxygen atoms in total. The van der Waals surface area contributed by atoms with Gasteiger partial charge in [-0.25, -0.2) is 8.42 Å². The predicted molar refractivity (Wildman–Crippen MR) is 143 cm³/mol. The number of halogens is 1. The molecule has 3 heterocycles. The first-order valence-corrected chi connectivity index (χ1v) is 14.7. The Balaban J connectivity index is 1.21. The van der Waals surface area contributed by atoms with E-state index in [1.165, 1.54) is 21.9 Å². The Morgan fingerprint density at radius 2 is 1.62 bits per heavy atom.